The maximum Gasteiger partial charge on any atom is 0.310 e. The van der Waals surface area contributed by atoms with Crippen molar-refractivity contribution in [1.82, 2.24) is 5.32 Å². The Bertz CT molecular complexity index is 630. The fourth-order valence-corrected chi connectivity index (χ4v) is 3.14. The molecule has 112 valence electrons. The molecule has 1 aromatic heterocycles. The molecule has 0 fully saturated rings. The number of benzene rings is 1. The molecule has 5 nitrogen and oxygen atoms in total. The molecule has 0 saturated heterocycles. The number of nitro benzene ring substituents is 1. The van der Waals surface area contributed by atoms with Crippen molar-refractivity contribution in [3.8, 4) is 5.75 Å². The zero-order chi connectivity index (χ0) is 15.2. The summed E-state index contributed by atoms with van der Waals surface area (Å²) in [7, 11) is 0. The van der Waals surface area contributed by atoms with E-state index in [1.807, 2.05) is 18.4 Å². The highest BCUT2D eigenvalue weighted by atomic mass is 79.9. The molecule has 1 heterocycles. The maximum atomic E-state index is 11.1. The smallest absolute Gasteiger partial charge is 0.310 e. The van der Waals surface area contributed by atoms with Gasteiger partial charge in [0, 0.05) is 27.3 Å². The van der Waals surface area contributed by atoms with E-state index in [1.165, 1.54) is 6.07 Å². The van der Waals surface area contributed by atoms with Crippen LogP contribution in [0.5, 0.6) is 5.75 Å². The first-order chi connectivity index (χ1) is 10.1. The molecule has 2 rings (SSSR count). The van der Waals surface area contributed by atoms with Crippen molar-refractivity contribution in [3.05, 3.63) is 54.7 Å². The molecule has 0 saturated carbocycles. The topological polar surface area (TPSA) is 64.4 Å². The van der Waals surface area contributed by atoms with E-state index in [0.29, 0.717) is 18.9 Å². The van der Waals surface area contributed by atoms with Crippen molar-refractivity contribution >= 4 is 33.0 Å². The van der Waals surface area contributed by atoms with Crippen LogP contribution in [-0.4, -0.2) is 11.5 Å². The third-order valence-electron chi connectivity index (χ3n) is 2.79. The highest BCUT2D eigenvalue weighted by Crippen LogP contribution is 2.30. The van der Waals surface area contributed by atoms with Crippen molar-refractivity contribution in [2.24, 2.45) is 0 Å². The lowest BCUT2D eigenvalue weighted by Gasteiger charge is -2.08. The van der Waals surface area contributed by atoms with Gasteiger partial charge in [-0.2, -0.15) is 0 Å². The zero-order valence-corrected chi connectivity index (χ0v) is 13.9. The third-order valence-corrected chi connectivity index (χ3v) is 4.46. The fraction of sp³-hybridized carbons (Fsp3) is 0.286. The number of thiophene rings is 1. The Morgan fingerprint density at radius 2 is 2.24 bits per heavy atom. The van der Waals surface area contributed by atoms with Crippen LogP contribution in [0.3, 0.4) is 0 Å². The lowest BCUT2D eigenvalue weighted by Crippen LogP contribution is -2.12. The molecule has 2 aromatic rings. The van der Waals surface area contributed by atoms with E-state index >= 15 is 0 Å². The Morgan fingerprint density at radius 1 is 1.43 bits per heavy atom. The number of halogens is 1. The molecule has 1 aromatic carbocycles. The van der Waals surface area contributed by atoms with Crippen molar-refractivity contribution in [2.45, 2.75) is 20.1 Å². The molecule has 0 aliphatic rings. The van der Waals surface area contributed by atoms with Gasteiger partial charge < -0.3 is 10.1 Å². The molecular weight excluding hydrogens is 356 g/mol. The highest BCUT2D eigenvalue weighted by molar-refractivity contribution is 9.10. The van der Waals surface area contributed by atoms with Crippen LogP contribution in [0.25, 0.3) is 0 Å². The number of ether oxygens (including phenoxy) is 1. The molecule has 0 radical (unpaired) electrons. The second-order valence-corrected chi connectivity index (χ2v) is 6.27. The van der Waals surface area contributed by atoms with E-state index in [1.54, 1.807) is 23.5 Å². The minimum absolute atomic E-state index is 0.00845. The van der Waals surface area contributed by atoms with Gasteiger partial charge in [0.25, 0.3) is 0 Å². The number of nitrogens with zero attached hydrogens (tertiary/aromatic N) is 1. The molecule has 0 spiro atoms. The molecule has 7 heteroatoms. The van der Waals surface area contributed by atoms with Crippen LogP contribution in [0.1, 0.15) is 17.4 Å². The predicted octanol–water partition coefficient (Wildman–Crippen LogP) is 4.11. The first-order valence-corrected chi connectivity index (χ1v) is 8.11. The van der Waals surface area contributed by atoms with Crippen molar-refractivity contribution in [2.75, 3.05) is 6.54 Å². The second-order valence-electron chi connectivity index (χ2n) is 4.36. The van der Waals surface area contributed by atoms with Gasteiger partial charge in [-0.3, -0.25) is 10.1 Å². The Morgan fingerprint density at radius 3 is 2.86 bits per heavy atom. The minimum Gasteiger partial charge on any atom is -0.481 e. The van der Waals surface area contributed by atoms with Gasteiger partial charge in [0.2, 0.25) is 0 Å². The van der Waals surface area contributed by atoms with Crippen LogP contribution >= 0.6 is 27.3 Å². The summed E-state index contributed by atoms with van der Waals surface area (Å²) in [4.78, 5) is 11.7. The average Bonchev–Trinajstić information content (AvgIpc) is 2.88. The summed E-state index contributed by atoms with van der Waals surface area (Å²) in [5.74, 6) is 0.305. The minimum atomic E-state index is -0.420. The van der Waals surface area contributed by atoms with Gasteiger partial charge in [0.1, 0.15) is 6.61 Å². The van der Waals surface area contributed by atoms with Crippen molar-refractivity contribution in [1.29, 1.82) is 0 Å². The standard InChI is InChI=1S/C14H15BrN2O3S/c1-2-16-7-10-3-4-13(17(18)19)14(5-10)20-8-12-6-11(15)9-21-12/h3-6,9,16H,2,7-8H2,1H3. The van der Waals surface area contributed by atoms with Gasteiger partial charge in [-0.25, -0.2) is 0 Å². The fourth-order valence-electron chi connectivity index (χ4n) is 1.78. The predicted molar refractivity (Wildman–Crippen MR) is 86.8 cm³/mol. The molecular formula is C14H15BrN2O3S. The molecule has 0 bridgehead atoms. The summed E-state index contributed by atoms with van der Waals surface area (Å²) in [5.41, 5.74) is 0.954. The van der Waals surface area contributed by atoms with Gasteiger partial charge in [0.15, 0.2) is 5.75 Å². The summed E-state index contributed by atoms with van der Waals surface area (Å²) in [6, 6.07) is 6.91. The highest BCUT2D eigenvalue weighted by Gasteiger charge is 2.16. The van der Waals surface area contributed by atoms with Crippen LogP contribution in [0.15, 0.2) is 34.1 Å². The molecule has 0 aliphatic carbocycles. The Labute approximate surface area is 135 Å². The lowest BCUT2D eigenvalue weighted by atomic mass is 10.2. The van der Waals surface area contributed by atoms with Gasteiger partial charge in [0.05, 0.1) is 4.92 Å². The maximum absolute atomic E-state index is 11.1. The Hall–Kier alpha value is -1.44. The quantitative estimate of drug-likeness (QED) is 0.588. The van der Waals surface area contributed by atoms with E-state index in [0.717, 1.165) is 21.5 Å². The number of hydrogen-bond donors (Lipinski definition) is 1. The normalized spacial score (nSPS) is 10.6. The number of nitro groups is 1. The van der Waals surface area contributed by atoms with Crippen LogP contribution in [0.2, 0.25) is 0 Å². The van der Waals surface area contributed by atoms with Gasteiger partial charge in [-0.05, 0) is 40.2 Å². The van der Waals surface area contributed by atoms with Crippen LogP contribution in [0, 0.1) is 10.1 Å². The molecule has 0 atom stereocenters. The van der Waals surface area contributed by atoms with E-state index in [-0.39, 0.29) is 5.69 Å². The van der Waals surface area contributed by atoms with Gasteiger partial charge in [-0.1, -0.05) is 13.0 Å². The molecule has 0 aliphatic heterocycles. The van der Waals surface area contributed by atoms with E-state index in [4.69, 9.17) is 4.74 Å². The van der Waals surface area contributed by atoms with Gasteiger partial charge >= 0.3 is 5.69 Å². The summed E-state index contributed by atoms with van der Waals surface area (Å²) >= 11 is 4.92. The largest absolute Gasteiger partial charge is 0.481 e. The summed E-state index contributed by atoms with van der Waals surface area (Å²) < 4.78 is 6.63. The first kappa shape index (κ1) is 15.9. The third kappa shape index (κ3) is 4.52. The number of nitrogens with one attached hydrogen (secondary N) is 1. The number of hydrogen-bond acceptors (Lipinski definition) is 5. The molecule has 0 amide bonds. The Balaban J connectivity index is 2.15. The average molecular weight is 371 g/mol. The van der Waals surface area contributed by atoms with Crippen LogP contribution in [0.4, 0.5) is 5.69 Å². The van der Waals surface area contributed by atoms with Gasteiger partial charge in [-0.15, -0.1) is 11.3 Å². The first-order valence-electron chi connectivity index (χ1n) is 6.44. The summed E-state index contributed by atoms with van der Waals surface area (Å²) in [6.07, 6.45) is 0. The number of rotatable bonds is 7. The molecule has 0 unspecified atom stereocenters. The van der Waals surface area contributed by atoms with E-state index in [2.05, 4.69) is 21.2 Å². The van der Waals surface area contributed by atoms with Crippen molar-refractivity contribution < 1.29 is 9.66 Å². The van der Waals surface area contributed by atoms with E-state index in [9.17, 15) is 10.1 Å². The van der Waals surface area contributed by atoms with Crippen LogP contribution < -0.4 is 10.1 Å². The van der Waals surface area contributed by atoms with Crippen LogP contribution in [-0.2, 0) is 13.2 Å². The summed E-state index contributed by atoms with van der Waals surface area (Å²) in [6.45, 7) is 3.84. The van der Waals surface area contributed by atoms with E-state index < -0.39 is 4.92 Å². The Kier molecular flexibility index (Phi) is 5.72. The molecule has 1 N–H and O–H groups in total. The summed E-state index contributed by atoms with van der Waals surface area (Å²) in [5, 5.41) is 16.2. The lowest BCUT2D eigenvalue weighted by molar-refractivity contribution is -0.386. The monoisotopic (exact) mass is 370 g/mol. The SMILES string of the molecule is CCNCc1ccc([N+](=O)[O-])c(OCc2cc(Br)cs2)c1. The second kappa shape index (κ2) is 7.53. The zero-order valence-electron chi connectivity index (χ0n) is 11.5. The van der Waals surface area contributed by atoms with Crippen molar-refractivity contribution in [3.63, 3.8) is 0 Å². The molecule has 21 heavy (non-hydrogen) atoms.